The van der Waals surface area contributed by atoms with E-state index >= 15 is 0 Å². The molecule has 1 aliphatic heterocycles. The quantitative estimate of drug-likeness (QED) is 0.575. The van der Waals surface area contributed by atoms with Gasteiger partial charge >= 0.3 is 0 Å². The van der Waals surface area contributed by atoms with Crippen LogP contribution in [0.1, 0.15) is 35.8 Å². The zero-order valence-corrected chi connectivity index (χ0v) is 16.8. The van der Waals surface area contributed by atoms with Gasteiger partial charge in [-0.1, -0.05) is 12.1 Å². The van der Waals surface area contributed by atoms with Gasteiger partial charge in [0.05, 0.1) is 0 Å². The van der Waals surface area contributed by atoms with Gasteiger partial charge in [-0.25, -0.2) is 4.98 Å². The Morgan fingerprint density at radius 3 is 2.41 bits per heavy atom. The van der Waals surface area contributed by atoms with Gasteiger partial charge < -0.3 is 15.5 Å². The van der Waals surface area contributed by atoms with Gasteiger partial charge in [0.15, 0.2) is 5.78 Å². The highest BCUT2D eigenvalue weighted by molar-refractivity contribution is 5.95. The molecule has 0 saturated carbocycles. The molecule has 0 unspecified atom stereocenters. The minimum Gasteiger partial charge on any atom is -0.372 e. The molecule has 3 aromatic rings. The van der Waals surface area contributed by atoms with Crippen molar-refractivity contribution < 1.29 is 4.79 Å². The highest BCUT2D eigenvalue weighted by Gasteiger charge is 2.12. The average Bonchev–Trinajstić information content (AvgIpc) is 3.23. The number of aromatic nitrogens is 2. The van der Waals surface area contributed by atoms with E-state index in [2.05, 4.69) is 49.8 Å². The van der Waals surface area contributed by atoms with E-state index in [0.29, 0.717) is 17.3 Å². The number of benzene rings is 2. The monoisotopic (exact) mass is 387 g/mol. The predicted octanol–water partition coefficient (Wildman–Crippen LogP) is 5.08. The highest BCUT2D eigenvalue weighted by Crippen LogP contribution is 2.24. The number of nitrogens with one attached hydrogen (secondary N) is 2. The minimum atomic E-state index is 0.0345. The molecule has 0 bridgehead atoms. The van der Waals surface area contributed by atoms with E-state index in [-0.39, 0.29) is 5.78 Å². The summed E-state index contributed by atoms with van der Waals surface area (Å²) >= 11 is 0. The first-order valence-corrected chi connectivity index (χ1v) is 9.92. The van der Waals surface area contributed by atoms with Crippen molar-refractivity contribution in [2.75, 3.05) is 28.6 Å². The highest BCUT2D eigenvalue weighted by atomic mass is 16.1. The second-order valence-electron chi connectivity index (χ2n) is 7.35. The molecule has 1 saturated heterocycles. The molecule has 1 fully saturated rings. The minimum absolute atomic E-state index is 0.0345. The van der Waals surface area contributed by atoms with Crippen molar-refractivity contribution in [2.45, 2.75) is 26.7 Å². The normalized spacial score (nSPS) is 13.4. The first-order valence-electron chi connectivity index (χ1n) is 9.92. The molecule has 0 atom stereocenters. The fraction of sp³-hybridized carbons (Fsp3) is 0.261. The smallest absolute Gasteiger partial charge is 0.229 e. The van der Waals surface area contributed by atoms with Crippen LogP contribution in [-0.4, -0.2) is 28.8 Å². The molecule has 148 valence electrons. The van der Waals surface area contributed by atoms with Crippen LogP contribution < -0.4 is 15.5 Å². The Balaban J connectivity index is 1.49. The van der Waals surface area contributed by atoms with Gasteiger partial charge in [0, 0.05) is 47.5 Å². The molecule has 4 rings (SSSR count). The average molecular weight is 387 g/mol. The van der Waals surface area contributed by atoms with Crippen LogP contribution in [0.15, 0.2) is 54.6 Å². The van der Waals surface area contributed by atoms with Gasteiger partial charge in [-0.15, -0.1) is 0 Å². The third-order valence-electron chi connectivity index (χ3n) is 4.99. The molecular weight excluding hydrogens is 362 g/mol. The summed E-state index contributed by atoms with van der Waals surface area (Å²) in [7, 11) is 0. The molecule has 6 nitrogen and oxygen atoms in total. The Hall–Kier alpha value is -3.41. The number of anilines is 5. The lowest BCUT2D eigenvalue weighted by atomic mass is 10.1. The Kier molecular flexibility index (Phi) is 5.42. The number of hydrogen-bond donors (Lipinski definition) is 2. The van der Waals surface area contributed by atoms with E-state index in [1.807, 2.05) is 31.2 Å². The summed E-state index contributed by atoms with van der Waals surface area (Å²) < 4.78 is 0. The van der Waals surface area contributed by atoms with Crippen LogP contribution in [0.3, 0.4) is 0 Å². The predicted molar refractivity (Wildman–Crippen MR) is 118 cm³/mol. The first-order chi connectivity index (χ1) is 14.1. The van der Waals surface area contributed by atoms with Crippen molar-refractivity contribution in [1.82, 2.24) is 9.97 Å². The molecule has 1 aromatic heterocycles. The lowest BCUT2D eigenvalue weighted by Crippen LogP contribution is -2.17. The molecule has 0 spiro atoms. The number of carbonyl (C=O) groups excluding carboxylic acids is 1. The second-order valence-corrected chi connectivity index (χ2v) is 7.35. The number of rotatable bonds is 6. The zero-order chi connectivity index (χ0) is 20.2. The second kappa shape index (κ2) is 8.31. The van der Waals surface area contributed by atoms with Crippen LogP contribution in [0, 0.1) is 6.92 Å². The van der Waals surface area contributed by atoms with Crippen molar-refractivity contribution in [3.05, 3.63) is 65.9 Å². The Bertz CT molecular complexity index is 1010. The third-order valence-corrected chi connectivity index (χ3v) is 4.99. The fourth-order valence-electron chi connectivity index (χ4n) is 3.51. The summed E-state index contributed by atoms with van der Waals surface area (Å²) in [6.07, 6.45) is 2.53. The van der Waals surface area contributed by atoms with E-state index in [0.717, 1.165) is 30.2 Å². The van der Waals surface area contributed by atoms with E-state index in [1.54, 1.807) is 13.0 Å². The lowest BCUT2D eigenvalue weighted by molar-refractivity contribution is 0.101. The molecule has 2 N–H and O–H groups in total. The Morgan fingerprint density at radius 1 is 0.931 bits per heavy atom. The number of nitrogens with zero attached hydrogens (tertiary/aromatic N) is 3. The molecule has 0 amide bonds. The van der Waals surface area contributed by atoms with Gasteiger partial charge in [-0.2, -0.15) is 4.98 Å². The molecule has 1 aliphatic rings. The topological polar surface area (TPSA) is 70.2 Å². The number of hydrogen-bond acceptors (Lipinski definition) is 6. The molecular formula is C23H25N5O. The standard InChI is InChI=1S/C23H25N5O/c1-16-14-22(25-20-7-5-6-18(15-20)17(2)29)27-23(24-16)26-19-8-10-21(11-9-19)28-12-3-4-13-28/h5-11,14-15H,3-4,12-13H2,1-2H3,(H2,24,25,26,27). The van der Waals surface area contributed by atoms with E-state index in [4.69, 9.17) is 0 Å². The molecule has 6 heteroatoms. The number of ketones is 1. The summed E-state index contributed by atoms with van der Waals surface area (Å²) in [5.41, 5.74) is 4.53. The SMILES string of the molecule is CC(=O)c1cccc(Nc2cc(C)nc(Nc3ccc(N4CCCC4)cc3)n2)c1. The summed E-state index contributed by atoms with van der Waals surface area (Å²) in [5, 5.41) is 6.55. The van der Waals surface area contributed by atoms with Gasteiger partial charge in [-0.05, 0) is 63.1 Å². The maximum absolute atomic E-state index is 11.6. The number of carbonyl (C=O) groups is 1. The van der Waals surface area contributed by atoms with Crippen LogP contribution in [0.2, 0.25) is 0 Å². The first kappa shape index (κ1) is 18.9. The summed E-state index contributed by atoms with van der Waals surface area (Å²) in [5.74, 6) is 1.24. The maximum atomic E-state index is 11.6. The van der Waals surface area contributed by atoms with Crippen molar-refractivity contribution >= 4 is 34.6 Å². The molecule has 2 heterocycles. The molecule has 0 radical (unpaired) electrons. The lowest BCUT2D eigenvalue weighted by Gasteiger charge is -2.18. The van der Waals surface area contributed by atoms with Gasteiger partial charge in [-0.3, -0.25) is 4.79 Å². The zero-order valence-electron chi connectivity index (χ0n) is 16.8. The van der Waals surface area contributed by atoms with Crippen molar-refractivity contribution in [3.8, 4) is 0 Å². The molecule has 0 aliphatic carbocycles. The van der Waals surface area contributed by atoms with Gasteiger partial charge in [0.25, 0.3) is 0 Å². The number of aryl methyl sites for hydroxylation is 1. The van der Waals surface area contributed by atoms with Gasteiger partial charge in [0.1, 0.15) is 5.82 Å². The van der Waals surface area contributed by atoms with Crippen LogP contribution in [0.25, 0.3) is 0 Å². The van der Waals surface area contributed by atoms with Crippen LogP contribution in [0.5, 0.6) is 0 Å². The molecule has 29 heavy (non-hydrogen) atoms. The fourth-order valence-corrected chi connectivity index (χ4v) is 3.51. The van der Waals surface area contributed by atoms with E-state index in [9.17, 15) is 4.79 Å². The van der Waals surface area contributed by atoms with E-state index in [1.165, 1.54) is 18.5 Å². The van der Waals surface area contributed by atoms with Crippen LogP contribution >= 0.6 is 0 Å². The summed E-state index contributed by atoms with van der Waals surface area (Å²) in [6, 6.07) is 17.7. The van der Waals surface area contributed by atoms with Crippen molar-refractivity contribution in [1.29, 1.82) is 0 Å². The van der Waals surface area contributed by atoms with Gasteiger partial charge in [0.2, 0.25) is 5.95 Å². The summed E-state index contributed by atoms with van der Waals surface area (Å²) in [6.45, 7) is 5.76. The van der Waals surface area contributed by atoms with E-state index < -0.39 is 0 Å². The Morgan fingerprint density at radius 2 is 1.69 bits per heavy atom. The maximum Gasteiger partial charge on any atom is 0.229 e. The largest absolute Gasteiger partial charge is 0.372 e. The molecule has 2 aromatic carbocycles. The van der Waals surface area contributed by atoms with Crippen molar-refractivity contribution in [2.24, 2.45) is 0 Å². The third kappa shape index (κ3) is 4.71. The summed E-state index contributed by atoms with van der Waals surface area (Å²) in [4.78, 5) is 23.1. The van der Waals surface area contributed by atoms with Crippen LogP contribution in [-0.2, 0) is 0 Å². The Labute approximate surface area is 171 Å². The van der Waals surface area contributed by atoms with Crippen LogP contribution in [0.4, 0.5) is 28.8 Å². The number of Topliss-reactive ketones (excluding diaryl/α,β-unsaturated/α-hetero) is 1. The van der Waals surface area contributed by atoms with Crippen molar-refractivity contribution in [3.63, 3.8) is 0 Å².